The third kappa shape index (κ3) is 3.89. The van der Waals surface area contributed by atoms with Crippen molar-refractivity contribution in [2.75, 3.05) is 19.5 Å². The first-order valence-corrected chi connectivity index (χ1v) is 10.8. The highest BCUT2D eigenvalue weighted by Gasteiger charge is 2.28. The number of nitrogens with zero attached hydrogens (tertiary/aromatic N) is 3. The summed E-state index contributed by atoms with van der Waals surface area (Å²) >= 11 is 1.31. The molecule has 1 fully saturated rings. The number of ether oxygens (including phenoxy) is 1. The van der Waals surface area contributed by atoms with Gasteiger partial charge in [-0.2, -0.15) is 0 Å². The van der Waals surface area contributed by atoms with Crippen LogP contribution in [0, 0.1) is 13.8 Å². The number of carbonyl (C=O) groups is 1. The Morgan fingerprint density at radius 3 is 2.76 bits per heavy atom. The van der Waals surface area contributed by atoms with Crippen molar-refractivity contribution < 1.29 is 9.53 Å². The Balaban J connectivity index is 1.61. The standard InChI is InChI=1S/C22H25N3O3S/c1-14-12-18(15(2)25(14)16-8-9-16)20(26)13-29-22-23-19-7-5-4-6-17(19)21(27)24(22)10-11-28-3/h4-7,12,16H,8-11,13H2,1-3H3. The van der Waals surface area contributed by atoms with Crippen LogP contribution in [0.1, 0.15) is 40.6 Å². The van der Waals surface area contributed by atoms with Gasteiger partial charge in [-0.15, -0.1) is 0 Å². The zero-order valence-corrected chi connectivity index (χ0v) is 17.8. The van der Waals surface area contributed by atoms with Gasteiger partial charge in [0.25, 0.3) is 5.56 Å². The number of hydrogen-bond acceptors (Lipinski definition) is 5. The molecule has 0 unspecified atom stereocenters. The van der Waals surface area contributed by atoms with Crippen LogP contribution in [-0.2, 0) is 11.3 Å². The Hall–Kier alpha value is -2.38. The molecule has 1 aliphatic rings. The maximum absolute atomic E-state index is 12.9. The Kier molecular flexibility index (Phi) is 5.61. The van der Waals surface area contributed by atoms with E-state index >= 15 is 0 Å². The van der Waals surface area contributed by atoms with Crippen molar-refractivity contribution in [1.82, 2.24) is 14.1 Å². The molecule has 0 N–H and O–H groups in total. The van der Waals surface area contributed by atoms with Gasteiger partial charge in [0, 0.05) is 30.1 Å². The zero-order chi connectivity index (χ0) is 20.5. The molecule has 1 saturated carbocycles. The van der Waals surface area contributed by atoms with Crippen LogP contribution in [0.3, 0.4) is 0 Å². The van der Waals surface area contributed by atoms with Crippen LogP contribution in [0.15, 0.2) is 40.3 Å². The molecule has 0 saturated heterocycles. The lowest BCUT2D eigenvalue weighted by Gasteiger charge is -2.12. The molecule has 7 heteroatoms. The summed E-state index contributed by atoms with van der Waals surface area (Å²) in [4.78, 5) is 30.5. The molecular formula is C22H25N3O3S. The summed E-state index contributed by atoms with van der Waals surface area (Å²) in [5, 5.41) is 1.13. The minimum absolute atomic E-state index is 0.0655. The van der Waals surface area contributed by atoms with E-state index < -0.39 is 0 Å². The van der Waals surface area contributed by atoms with Gasteiger partial charge in [0.05, 0.1) is 29.8 Å². The van der Waals surface area contributed by atoms with Gasteiger partial charge in [-0.05, 0) is 44.9 Å². The fourth-order valence-electron chi connectivity index (χ4n) is 3.80. The molecule has 4 rings (SSSR count). The molecule has 0 aliphatic heterocycles. The van der Waals surface area contributed by atoms with Crippen molar-refractivity contribution in [2.24, 2.45) is 0 Å². The van der Waals surface area contributed by atoms with Gasteiger partial charge >= 0.3 is 0 Å². The van der Waals surface area contributed by atoms with E-state index in [4.69, 9.17) is 4.74 Å². The second-order valence-electron chi connectivity index (χ2n) is 7.46. The normalized spacial score (nSPS) is 13.9. The van der Waals surface area contributed by atoms with Crippen LogP contribution in [0.5, 0.6) is 0 Å². The number of hydrogen-bond donors (Lipinski definition) is 0. The number of fused-ring (bicyclic) bond motifs is 1. The lowest BCUT2D eigenvalue weighted by molar-refractivity contribution is 0.102. The maximum Gasteiger partial charge on any atom is 0.262 e. The number of methoxy groups -OCH3 is 1. The summed E-state index contributed by atoms with van der Waals surface area (Å²) < 4.78 is 9.04. The average molecular weight is 412 g/mol. The first-order valence-electron chi connectivity index (χ1n) is 9.84. The number of carbonyl (C=O) groups excluding carboxylic acids is 1. The van der Waals surface area contributed by atoms with Gasteiger partial charge in [0.2, 0.25) is 0 Å². The molecule has 0 amide bonds. The van der Waals surface area contributed by atoms with Gasteiger partial charge in [-0.1, -0.05) is 23.9 Å². The summed E-state index contributed by atoms with van der Waals surface area (Å²) in [5.74, 6) is 0.308. The van der Waals surface area contributed by atoms with E-state index in [9.17, 15) is 9.59 Å². The molecule has 1 aromatic carbocycles. The monoisotopic (exact) mass is 411 g/mol. The molecule has 29 heavy (non-hydrogen) atoms. The van der Waals surface area contributed by atoms with E-state index in [0.29, 0.717) is 35.3 Å². The van der Waals surface area contributed by atoms with Crippen molar-refractivity contribution in [1.29, 1.82) is 0 Å². The third-order valence-corrected chi connectivity index (χ3v) is 6.35. The number of rotatable bonds is 8. The van der Waals surface area contributed by atoms with Crippen molar-refractivity contribution in [2.45, 2.75) is 44.4 Å². The SMILES string of the molecule is COCCn1c(SCC(=O)c2cc(C)n(C3CC3)c2C)nc2ccccc2c1=O. The first-order chi connectivity index (χ1) is 14.0. The minimum atomic E-state index is -0.102. The zero-order valence-electron chi connectivity index (χ0n) is 17.0. The van der Waals surface area contributed by atoms with E-state index in [-0.39, 0.29) is 17.1 Å². The van der Waals surface area contributed by atoms with Crippen molar-refractivity contribution >= 4 is 28.4 Å². The van der Waals surface area contributed by atoms with E-state index in [1.807, 2.05) is 31.2 Å². The lowest BCUT2D eigenvalue weighted by Crippen LogP contribution is -2.25. The van der Waals surface area contributed by atoms with Crippen molar-refractivity contribution in [3.8, 4) is 0 Å². The molecule has 0 radical (unpaired) electrons. The highest BCUT2D eigenvalue weighted by Crippen LogP contribution is 2.38. The van der Waals surface area contributed by atoms with Crippen molar-refractivity contribution in [3.63, 3.8) is 0 Å². The fourth-order valence-corrected chi connectivity index (χ4v) is 4.71. The number of aromatic nitrogens is 3. The molecular weight excluding hydrogens is 386 g/mol. The fraction of sp³-hybridized carbons (Fsp3) is 0.409. The van der Waals surface area contributed by atoms with Gasteiger partial charge in [-0.25, -0.2) is 4.98 Å². The highest BCUT2D eigenvalue weighted by atomic mass is 32.2. The molecule has 0 spiro atoms. The van der Waals surface area contributed by atoms with Gasteiger partial charge in [0.1, 0.15) is 0 Å². The molecule has 3 aromatic rings. The number of ketones is 1. The van der Waals surface area contributed by atoms with Gasteiger partial charge in [0.15, 0.2) is 10.9 Å². The number of thioether (sulfide) groups is 1. The quantitative estimate of drug-likeness (QED) is 0.321. The number of aryl methyl sites for hydroxylation is 1. The molecule has 6 nitrogen and oxygen atoms in total. The van der Waals surface area contributed by atoms with Crippen LogP contribution >= 0.6 is 11.8 Å². The van der Waals surface area contributed by atoms with Gasteiger partial charge in [-0.3, -0.25) is 14.2 Å². The Bertz CT molecular complexity index is 1130. The first kappa shape index (κ1) is 19.9. The van der Waals surface area contributed by atoms with Crippen LogP contribution in [0.25, 0.3) is 10.9 Å². The van der Waals surface area contributed by atoms with Crippen LogP contribution in [0.4, 0.5) is 0 Å². The summed E-state index contributed by atoms with van der Waals surface area (Å²) in [7, 11) is 1.60. The van der Waals surface area contributed by atoms with Crippen LogP contribution < -0.4 is 5.56 Å². The number of Topliss-reactive ketones (excluding diaryl/α,β-unsaturated/α-hetero) is 1. The minimum Gasteiger partial charge on any atom is -0.383 e. The van der Waals surface area contributed by atoms with E-state index in [0.717, 1.165) is 17.0 Å². The molecule has 2 aromatic heterocycles. The van der Waals surface area contributed by atoms with Crippen LogP contribution in [-0.4, -0.2) is 39.4 Å². The van der Waals surface area contributed by atoms with E-state index in [2.05, 4.69) is 16.5 Å². The van der Waals surface area contributed by atoms with Crippen molar-refractivity contribution in [3.05, 3.63) is 57.6 Å². The molecule has 0 bridgehead atoms. The second kappa shape index (κ2) is 8.16. The number of para-hydroxylation sites is 1. The Labute approximate surface area is 173 Å². The third-order valence-electron chi connectivity index (χ3n) is 5.37. The summed E-state index contributed by atoms with van der Waals surface area (Å²) in [5.41, 5.74) is 3.49. The Morgan fingerprint density at radius 2 is 2.03 bits per heavy atom. The average Bonchev–Trinajstić information content (AvgIpc) is 3.50. The summed E-state index contributed by atoms with van der Waals surface area (Å²) in [6.45, 7) is 4.89. The molecule has 1 aliphatic carbocycles. The topological polar surface area (TPSA) is 66.1 Å². The van der Waals surface area contributed by atoms with E-state index in [1.165, 1.54) is 24.6 Å². The largest absolute Gasteiger partial charge is 0.383 e. The lowest BCUT2D eigenvalue weighted by atomic mass is 10.2. The molecule has 152 valence electrons. The Morgan fingerprint density at radius 1 is 1.28 bits per heavy atom. The smallest absolute Gasteiger partial charge is 0.262 e. The predicted octanol–water partition coefficient (Wildman–Crippen LogP) is 3.77. The maximum atomic E-state index is 12.9. The van der Waals surface area contributed by atoms with Gasteiger partial charge < -0.3 is 9.30 Å². The number of benzene rings is 1. The highest BCUT2D eigenvalue weighted by molar-refractivity contribution is 7.99. The molecule has 0 atom stereocenters. The predicted molar refractivity (Wildman–Crippen MR) is 115 cm³/mol. The van der Waals surface area contributed by atoms with Crippen LogP contribution in [0.2, 0.25) is 0 Å². The summed E-state index contributed by atoms with van der Waals surface area (Å²) in [6.07, 6.45) is 2.37. The molecule has 2 heterocycles. The second-order valence-corrected chi connectivity index (χ2v) is 8.40. The van der Waals surface area contributed by atoms with E-state index in [1.54, 1.807) is 17.7 Å². The summed E-state index contributed by atoms with van der Waals surface area (Å²) in [6, 6.07) is 9.83.